The Bertz CT molecular complexity index is 470. The number of hydrogen-bond donors (Lipinski definition) is 2. The number of aromatic nitrogens is 2. The third-order valence-corrected chi connectivity index (χ3v) is 4.60. The van der Waals surface area contributed by atoms with Crippen molar-refractivity contribution in [3.63, 3.8) is 0 Å². The molecule has 1 aliphatic carbocycles. The standard InChI is InChI=1S/C17H30N4/c1-11(2)15-20-16(18-5)13(4)17(21-15)19-14-10-8-6-7-9-12(14)3/h11-12,14H,6-10H2,1-5H3,(H2,18,19,20,21). The van der Waals surface area contributed by atoms with E-state index in [0.29, 0.717) is 17.9 Å². The maximum Gasteiger partial charge on any atom is 0.135 e. The van der Waals surface area contributed by atoms with Crippen molar-refractivity contribution in [1.82, 2.24) is 9.97 Å². The van der Waals surface area contributed by atoms with Gasteiger partial charge in [0.15, 0.2) is 0 Å². The molecule has 2 unspecified atom stereocenters. The van der Waals surface area contributed by atoms with Crippen LogP contribution in [0.5, 0.6) is 0 Å². The van der Waals surface area contributed by atoms with Crippen LogP contribution in [0.15, 0.2) is 0 Å². The van der Waals surface area contributed by atoms with Crippen molar-refractivity contribution in [2.45, 2.75) is 71.8 Å². The largest absolute Gasteiger partial charge is 0.373 e. The first-order valence-electron chi connectivity index (χ1n) is 8.35. The Morgan fingerprint density at radius 3 is 2.38 bits per heavy atom. The minimum atomic E-state index is 0.338. The first-order valence-corrected chi connectivity index (χ1v) is 8.35. The molecular weight excluding hydrogens is 260 g/mol. The maximum absolute atomic E-state index is 4.78. The van der Waals surface area contributed by atoms with E-state index in [1.165, 1.54) is 32.1 Å². The molecule has 0 saturated heterocycles. The Hall–Kier alpha value is -1.32. The SMILES string of the molecule is CNc1nc(C(C)C)nc(NC2CCCCCC2C)c1C. The fraction of sp³-hybridized carbons (Fsp3) is 0.765. The van der Waals surface area contributed by atoms with Crippen LogP contribution in [0.1, 0.15) is 70.2 Å². The van der Waals surface area contributed by atoms with Gasteiger partial charge in [-0.1, -0.05) is 40.0 Å². The van der Waals surface area contributed by atoms with Crippen molar-refractivity contribution >= 4 is 11.6 Å². The van der Waals surface area contributed by atoms with E-state index in [1.807, 2.05) is 7.05 Å². The lowest BCUT2D eigenvalue weighted by Crippen LogP contribution is -2.27. The molecule has 0 bridgehead atoms. The Morgan fingerprint density at radius 2 is 1.71 bits per heavy atom. The van der Waals surface area contributed by atoms with E-state index < -0.39 is 0 Å². The monoisotopic (exact) mass is 290 g/mol. The van der Waals surface area contributed by atoms with Crippen molar-refractivity contribution in [2.75, 3.05) is 17.7 Å². The second-order valence-corrected chi connectivity index (χ2v) is 6.67. The van der Waals surface area contributed by atoms with Gasteiger partial charge in [-0.2, -0.15) is 0 Å². The topological polar surface area (TPSA) is 49.8 Å². The van der Waals surface area contributed by atoms with Gasteiger partial charge in [0, 0.05) is 24.6 Å². The summed E-state index contributed by atoms with van der Waals surface area (Å²) in [6.07, 6.45) is 6.61. The van der Waals surface area contributed by atoms with Crippen LogP contribution in [-0.2, 0) is 0 Å². The fourth-order valence-corrected chi connectivity index (χ4v) is 3.06. The molecule has 4 heteroatoms. The van der Waals surface area contributed by atoms with Crippen molar-refractivity contribution in [2.24, 2.45) is 5.92 Å². The molecule has 4 nitrogen and oxygen atoms in total. The molecule has 21 heavy (non-hydrogen) atoms. The second-order valence-electron chi connectivity index (χ2n) is 6.67. The number of nitrogens with zero attached hydrogens (tertiary/aromatic N) is 2. The lowest BCUT2D eigenvalue weighted by molar-refractivity contribution is 0.455. The van der Waals surface area contributed by atoms with E-state index in [2.05, 4.69) is 43.3 Å². The first kappa shape index (κ1) is 16.1. The van der Waals surface area contributed by atoms with Crippen LogP contribution < -0.4 is 10.6 Å². The van der Waals surface area contributed by atoms with Gasteiger partial charge in [0.2, 0.25) is 0 Å². The van der Waals surface area contributed by atoms with Crippen LogP contribution in [0.2, 0.25) is 0 Å². The quantitative estimate of drug-likeness (QED) is 0.810. The summed E-state index contributed by atoms with van der Waals surface area (Å²) < 4.78 is 0. The molecule has 118 valence electrons. The molecule has 0 aliphatic heterocycles. The van der Waals surface area contributed by atoms with Gasteiger partial charge in [0.1, 0.15) is 17.5 Å². The Labute approximate surface area is 129 Å². The lowest BCUT2D eigenvalue weighted by Gasteiger charge is -2.25. The van der Waals surface area contributed by atoms with Gasteiger partial charge < -0.3 is 10.6 Å². The summed E-state index contributed by atoms with van der Waals surface area (Å²) in [5, 5.41) is 6.92. The van der Waals surface area contributed by atoms with Gasteiger partial charge >= 0.3 is 0 Å². The molecular formula is C17H30N4. The molecule has 1 aliphatic rings. The minimum Gasteiger partial charge on any atom is -0.373 e. The van der Waals surface area contributed by atoms with Gasteiger partial charge in [0.05, 0.1) is 0 Å². The van der Waals surface area contributed by atoms with Crippen LogP contribution in [0.4, 0.5) is 11.6 Å². The van der Waals surface area contributed by atoms with Gasteiger partial charge in [-0.15, -0.1) is 0 Å². The molecule has 1 aromatic heterocycles. The lowest BCUT2D eigenvalue weighted by atomic mass is 9.97. The van der Waals surface area contributed by atoms with Gasteiger partial charge in [-0.25, -0.2) is 9.97 Å². The average Bonchev–Trinajstić information content (AvgIpc) is 2.66. The van der Waals surface area contributed by atoms with Crippen LogP contribution >= 0.6 is 0 Å². The van der Waals surface area contributed by atoms with E-state index in [-0.39, 0.29) is 0 Å². The Kier molecular flexibility index (Phi) is 5.43. The molecule has 1 heterocycles. The molecule has 0 radical (unpaired) electrons. The molecule has 2 rings (SSSR count). The number of anilines is 2. The van der Waals surface area contributed by atoms with Gasteiger partial charge in [-0.05, 0) is 25.7 Å². The third kappa shape index (κ3) is 3.86. The zero-order valence-electron chi connectivity index (χ0n) is 14.2. The Balaban J connectivity index is 2.27. The molecule has 2 N–H and O–H groups in total. The highest BCUT2D eigenvalue weighted by molar-refractivity contribution is 5.57. The van der Waals surface area contributed by atoms with Crippen molar-refractivity contribution < 1.29 is 0 Å². The summed E-state index contributed by atoms with van der Waals surface area (Å²) >= 11 is 0. The third-order valence-electron chi connectivity index (χ3n) is 4.60. The number of hydrogen-bond acceptors (Lipinski definition) is 4. The van der Waals surface area contributed by atoms with Crippen LogP contribution in [0.3, 0.4) is 0 Å². The van der Waals surface area contributed by atoms with E-state index in [0.717, 1.165) is 23.0 Å². The second kappa shape index (κ2) is 7.10. The minimum absolute atomic E-state index is 0.338. The van der Waals surface area contributed by atoms with Gasteiger partial charge in [0.25, 0.3) is 0 Å². The zero-order valence-corrected chi connectivity index (χ0v) is 14.2. The van der Waals surface area contributed by atoms with Crippen LogP contribution in [-0.4, -0.2) is 23.1 Å². The van der Waals surface area contributed by atoms with Gasteiger partial charge in [-0.3, -0.25) is 0 Å². The summed E-state index contributed by atoms with van der Waals surface area (Å²) in [5.74, 6) is 3.91. The van der Waals surface area contributed by atoms with Crippen LogP contribution in [0, 0.1) is 12.8 Å². The molecule has 0 spiro atoms. The summed E-state index contributed by atoms with van der Waals surface area (Å²) in [4.78, 5) is 9.40. The first-order chi connectivity index (χ1) is 10.0. The van der Waals surface area contributed by atoms with Crippen molar-refractivity contribution in [3.05, 3.63) is 11.4 Å². The van der Waals surface area contributed by atoms with E-state index in [9.17, 15) is 0 Å². The van der Waals surface area contributed by atoms with E-state index in [4.69, 9.17) is 4.98 Å². The molecule has 2 atom stereocenters. The smallest absolute Gasteiger partial charge is 0.135 e. The molecule has 1 saturated carbocycles. The highest BCUT2D eigenvalue weighted by Gasteiger charge is 2.22. The number of rotatable bonds is 4. The summed E-state index contributed by atoms with van der Waals surface area (Å²) in [6.45, 7) is 8.74. The van der Waals surface area contributed by atoms with E-state index >= 15 is 0 Å². The number of nitrogens with one attached hydrogen (secondary N) is 2. The maximum atomic E-state index is 4.78. The summed E-state index contributed by atoms with van der Waals surface area (Å²) in [5.41, 5.74) is 1.12. The van der Waals surface area contributed by atoms with Crippen LogP contribution in [0.25, 0.3) is 0 Å². The predicted octanol–water partition coefficient (Wildman–Crippen LogP) is 4.33. The van der Waals surface area contributed by atoms with Crippen molar-refractivity contribution in [3.8, 4) is 0 Å². The summed E-state index contributed by atoms with van der Waals surface area (Å²) in [6, 6.07) is 0.533. The highest BCUT2D eigenvalue weighted by Crippen LogP contribution is 2.29. The average molecular weight is 290 g/mol. The molecule has 1 fully saturated rings. The highest BCUT2D eigenvalue weighted by atomic mass is 15.1. The Morgan fingerprint density at radius 1 is 1.05 bits per heavy atom. The fourth-order valence-electron chi connectivity index (χ4n) is 3.06. The van der Waals surface area contributed by atoms with Crippen molar-refractivity contribution in [1.29, 1.82) is 0 Å². The molecule has 0 aromatic carbocycles. The van der Waals surface area contributed by atoms with E-state index in [1.54, 1.807) is 0 Å². The molecule has 0 amide bonds. The predicted molar refractivity (Wildman–Crippen MR) is 90.1 cm³/mol. The zero-order chi connectivity index (χ0) is 15.4. The summed E-state index contributed by atoms with van der Waals surface area (Å²) in [7, 11) is 1.93. The normalized spacial score (nSPS) is 23.0. The molecule has 1 aromatic rings.